The molecule has 6 heteroatoms. The molecule has 1 aromatic heterocycles. The van der Waals surface area contributed by atoms with Crippen LogP contribution in [0.4, 0.5) is 9.39 Å². The van der Waals surface area contributed by atoms with E-state index in [9.17, 15) is 19.2 Å². The van der Waals surface area contributed by atoms with Crippen molar-refractivity contribution in [1.82, 2.24) is 0 Å². The molecule has 2 aliphatic carbocycles. The molecule has 31 heavy (non-hydrogen) atoms. The number of amides is 1. The number of carbonyl (C=O) groups excluding carboxylic acids is 2. The number of carbonyl (C=O) groups is 2. The van der Waals surface area contributed by atoms with Gasteiger partial charge in [-0.2, -0.15) is 5.26 Å². The number of halogens is 1. The summed E-state index contributed by atoms with van der Waals surface area (Å²) < 4.78 is 13.5. The lowest BCUT2D eigenvalue weighted by Crippen LogP contribution is -2.40. The van der Waals surface area contributed by atoms with E-state index in [4.69, 9.17) is 0 Å². The number of hydrogen-bond acceptors (Lipinski definition) is 4. The van der Waals surface area contributed by atoms with Crippen molar-refractivity contribution in [3.05, 3.63) is 62.9 Å². The van der Waals surface area contributed by atoms with E-state index in [1.807, 2.05) is 0 Å². The van der Waals surface area contributed by atoms with Gasteiger partial charge in [0.1, 0.15) is 16.9 Å². The number of nitrogens with zero attached hydrogens (tertiary/aromatic N) is 2. The maximum atomic E-state index is 13.5. The second-order valence-corrected chi connectivity index (χ2v) is 9.61. The number of ketones is 1. The largest absolute Gasteiger partial charge is 0.294 e. The number of hydrogen-bond donors (Lipinski definition) is 0. The smallest absolute Gasteiger partial charge is 0.232 e. The van der Waals surface area contributed by atoms with Crippen molar-refractivity contribution in [2.75, 3.05) is 4.90 Å². The molecule has 3 aliphatic rings. The summed E-state index contributed by atoms with van der Waals surface area (Å²) in [7, 11) is 0. The predicted octanol–water partition coefficient (Wildman–Crippen LogP) is 5.56. The number of Topliss-reactive ketones (excluding diaryl/α,β-unsaturated/α-hetero) is 1. The van der Waals surface area contributed by atoms with Crippen molar-refractivity contribution in [2.45, 2.75) is 63.7 Å². The summed E-state index contributed by atoms with van der Waals surface area (Å²) in [5.74, 6) is -0.716. The number of rotatable bonds is 2. The third kappa shape index (κ3) is 3.41. The molecule has 2 heterocycles. The Balaban J connectivity index is 1.66. The minimum atomic E-state index is -0.351. The third-order valence-electron chi connectivity index (χ3n) is 6.67. The zero-order valence-corrected chi connectivity index (χ0v) is 18.1. The first kappa shape index (κ1) is 20.1. The van der Waals surface area contributed by atoms with Gasteiger partial charge in [0.25, 0.3) is 0 Å². The van der Waals surface area contributed by atoms with Crippen LogP contribution in [0.15, 0.2) is 35.5 Å². The predicted molar refractivity (Wildman–Crippen MR) is 117 cm³/mol. The summed E-state index contributed by atoms with van der Waals surface area (Å²) in [5.41, 5.74) is 3.91. The number of benzene rings is 1. The van der Waals surface area contributed by atoms with Crippen LogP contribution in [0.3, 0.4) is 0 Å². The molecule has 5 rings (SSSR count). The van der Waals surface area contributed by atoms with Crippen LogP contribution >= 0.6 is 11.3 Å². The zero-order chi connectivity index (χ0) is 21.5. The molecule has 1 unspecified atom stereocenters. The first-order valence-corrected chi connectivity index (χ1v) is 11.8. The van der Waals surface area contributed by atoms with Crippen LogP contribution in [0.2, 0.25) is 0 Å². The minimum Gasteiger partial charge on any atom is -0.294 e. The van der Waals surface area contributed by atoms with Gasteiger partial charge in [-0.05, 0) is 61.8 Å². The number of nitriles is 1. The topological polar surface area (TPSA) is 61.2 Å². The molecule has 0 saturated heterocycles. The molecule has 4 nitrogen and oxygen atoms in total. The van der Waals surface area contributed by atoms with Crippen molar-refractivity contribution in [3.8, 4) is 6.07 Å². The van der Waals surface area contributed by atoms with E-state index < -0.39 is 0 Å². The molecule has 0 spiro atoms. The molecule has 158 valence electrons. The second-order valence-electron chi connectivity index (χ2n) is 8.53. The van der Waals surface area contributed by atoms with Crippen LogP contribution in [0.5, 0.6) is 0 Å². The van der Waals surface area contributed by atoms with Gasteiger partial charge < -0.3 is 0 Å². The van der Waals surface area contributed by atoms with Crippen LogP contribution in [0.1, 0.15) is 72.4 Å². The molecular weight excluding hydrogens is 411 g/mol. The Bertz CT molecular complexity index is 1140. The van der Waals surface area contributed by atoms with Gasteiger partial charge in [-0.1, -0.05) is 18.6 Å². The van der Waals surface area contributed by atoms with Gasteiger partial charge in [0.05, 0.1) is 5.56 Å². The Hall–Kier alpha value is -2.78. The number of fused-ring (bicyclic) bond motifs is 1. The quantitative estimate of drug-likeness (QED) is 0.582. The normalized spacial score (nSPS) is 21.4. The molecule has 0 bridgehead atoms. The third-order valence-corrected chi connectivity index (χ3v) is 7.94. The highest BCUT2D eigenvalue weighted by atomic mass is 32.1. The Labute approximate surface area is 185 Å². The molecule has 1 amide bonds. The fraction of sp³-hybridized carbons (Fsp3) is 0.400. The van der Waals surface area contributed by atoms with Gasteiger partial charge in [0, 0.05) is 34.9 Å². The van der Waals surface area contributed by atoms with Gasteiger partial charge in [-0.15, -0.1) is 11.3 Å². The maximum absolute atomic E-state index is 13.5. The van der Waals surface area contributed by atoms with Crippen molar-refractivity contribution >= 4 is 28.0 Å². The van der Waals surface area contributed by atoms with Crippen LogP contribution in [-0.2, 0) is 22.4 Å². The van der Waals surface area contributed by atoms with Gasteiger partial charge in [-0.25, -0.2) is 4.39 Å². The second kappa shape index (κ2) is 8.05. The zero-order valence-electron chi connectivity index (χ0n) is 17.2. The molecule has 0 N–H and O–H groups in total. The van der Waals surface area contributed by atoms with E-state index in [0.717, 1.165) is 48.9 Å². The summed E-state index contributed by atoms with van der Waals surface area (Å²) in [6.45, 7) is 0. The summed E-state index contributed by atoms with van der Waals surface area (Å²) in [6, 6.07) is 8.47. The van der Waals surface area contributed by atoms with Crippen molar-refractivity contribution in [3.63, 3.8) is 0 Å². The van der Waals surface area contributed by atoms with Crippen LogP contribution in [0.25, 0.3) is 0 Å². The van der Waals surface area contributed by atoms with E-state index in [-0.39, 0.29) is 29.8 Å². The lowest BCUT2D eigenvalue weighted by Gasteiger charge is -2.37. The van der Waals surface area contributed by atoms with Gasteiger partial charge in [0.2, 0.25) is 5.91 Å². The Morgan fingerprint density at radius 1 is 1.00 bits per heavy atom. The molecule has 0 radical (unpaired) electrons. The molecule has 2 aromatic rings. The Kier molecular flexibility index (Phi) is 5.23. The molecule has 1 aromatic carbocycles. The summed E-state index contributed by atoms with van der Waals surface area (Å²) >= 11 is 1.55. The SMILES string of the molecule is N#Cc1c(N2C(=O)CC(c3ccc(F)cc3)C3=C2CCCC3=O)sc2c1CCCCC2. The number of thiophene rings is 1. The van der Waals surface area contributed by atoms with Crippen molar-refractivity contribution < 1.29 is 14.0 Å². The van der Waals surface area contributed by atoms with Crippen LogP contribution in [0, 0.1) is 17.1 Å². The summed E-state index contributed by atoms with van der Waals surface area (Å²) in [6.07, 6.45) is 7.10. The number of aryl methyl sites for hydroxylation is 1. The van der Waals surface area contributed by atoms with Gasteiger partial charge in [-0.3, -0.25) is 14.5 Å². The maximum Gasteiger partial charge on any atom is 0.232 e. The fourth-order valence-corrected chi connectivity index (χ4v) is 6.59. The minimum absolute atomic E-state index is 0.0599. The average Bonchev–Trinajstić information content (AvgIpc) is 2.94. The van der Waals surface area contributed by atoms with E-state index in [0.29, 0.717) is 35.4 Å². The highest BCUT2D eigenvalue weighted by Gasteiger charge is 2.41. The van der Waals surface area contributed by atoms with E-state index in [2.05, 4.69) is 6.07 Å². The molecule has 0 fully saturated rings. The summed E-state index contributed by atoms with van der Waals surface area (Å²) in [5, 5.41) is 10.7. The Morgan fingerprint density at radius 3 is 2.55 bits per heavy atom. The van der Waals surface area contributed by atoms with Gasteiger partial charge >= 0.3 is 0 Å². The van der Waals surface area contributed by atoms with E-state index in [1.54, 1.807) is 28.4 Å². The van der Waals surface area contributed by atoms with Crippen LogP contribution < -0.4 is 4.90 Å². The summed E-state index contributed by atoms with van der Waals surface area (Å²) in [4.78, 5) is 29.4. The first-order valence-electron chi connectivity index (χ1n) is 11.0. The lowest BCUT2D eigenvalue weighted by atomic mass is 9.77. The van der Waals surface area contributed by atoms with E-state index in [1.165, 1.54) is 17.0 Å². The van der Waals surface area contributed by atoms with Crippen LogP contribution in [-0.4, -0.2) is 11.7 Å². The average molecular weight is 435 g/mol. The highest BCUT2D eigenvalue weighted by Crippen LogP contribution is 2.47. The molecule has 1 atom stereocenters. The number of anilines is 1. The monoisotopic (exact) mass is 434 g/mol. The fourth-order valence-electron chi connectivity index (χ4n) is 5.21. The van der Waals surface area contributed by atoms with Gasteiger partial charge in [0.15, 0.2) is 5.78 Å². The molecule has 0 saturated carbocycles. The number of allylic oxidation sites excluding steroid dienone is 2. The Morgan fingerprint density at radius 2 is 1.77 bits per heavy atom. The van der Waals surface area contributed by atoms with Crippen molar-refractivity contribution in [2.24, 2.45) is 0 Å². The lowest BCUT2D eigenvalue weighted by molar-refractivity contribution is -0.119. The van der Waals surface area contributed by atoms with Crippen molar-refractivity contribution in [1.29, 1.82) is 5.26 Å². The standard InChI is InChI=1S/C25H23FN2O2S/c26-16-11-9-15(10-12-16)18-13-23(30)28(20-6-4-7-21(29)24(18)20)25-19(14-27)17-5-2-1-3-8-22(17)31-25/h9-12,18H,1-8,13H2. The first-order chi connectivity index (χ1) is 15.1. The highest BCUT2D eigenvalue weighted by molar-refractivity contribution is 7.16. The molecular formula is C25H23FN2O2S. The molecule has 1 aliphatic heterocycles. The van der Waals surface area contributed by atoms with E-state index >= 15 is 0 Å².